The van der Waals surface area contributed by atoms with E-state index in [0.717, 1.165) is 16.5 Å². The molecule has 0 radical (unpaired) electrons. The highest BCUT2D eigenvalue weighted by Gasteiger charge is 2.26. The maximum atomic E-state index is 12.4. The van der Waals surface area contributed by atoms with E-state index in [0.29, 0.717) is 11.3 Å². The van der Waals surface area contributed by atoms with E-state index < -0.39 is 29.6 Å². The highest BCUT2D eigenvalue weighted by molar-refractivity contribution is 5.94. The number of hydrogen-bond donors (Lipinski definition) is 2. The smallest absolute Gasteiger partial charge is 0.336 e. The largest absolute Gasteiger partial charge is 0.481 e. The average molecular weight is 409 g/mol. The molecule has 0 saturated carbocycles. The Bertz CT molecular complexity index is 1120. The number of hydrogen-bond acceptors (Lipinski definition) is 5. The van der Waals surface area contributed by atoms with Crippen molar-refractivity contribution in [2.75, 3.05) is 0 Å². The van der Waals surface area contributed by atoms with E-state index in [9.17, 15) is 19.5 Å². The summed E-state index contributed by atoms with van der Waals surface area (Å²) in [5.41, 5.74) is 1.45. The predicted octanol–water partition coefficient (Wildman–Crippen LogP) is 3.45. The zero-order valence-electron chi connectivity index (χ0n) is 16.9. The van der Waals surface area contributed by atoms with Gasteiger partial charge in [-0.2, -0.15) is 0 Å². The lowest BCUT2D eigenvalue weighted by Crippen LogP contribution is -2.48. The zero-order valence-corrected chi connectivity index (χ0v) is 16.9. The van der Waals surface area contributed by atoms with Crippen LogP contribution in [0.4, 0.5) is 0 Å². The standard InChI is InChI=1S/C23H23NO6/c1-13(2)21(23(27)28)24-22(26)14(3)29-16-9-10-17-18(15-7-5-4-6-8-15)12-20(25)30-19(17)11-16/h4-14,21H,1-3H3,(H,24,26)(H,27,28)/t14-,21+/m1/s1. The number of fused-ring (bicyclic) bond motifs is 1. The van der Waals surface area contributed by atoms with E-state index in [2.05, 4.69) is 5.32 Å². The first-order valence-electron chi connectivity index (χ1n) is 9.59. The Morgan fingerprint density at radius 1 is 1.03 bits per heavy atom. The minimum atomic E-state index is -1.11. The Morgan fingerprint density at radius 3 is 2.37 bits per heavy atom. The van der Waals surface area contributed by atoms with Crippen molar-refractivity contribution in [3.8, 4) is 16.9 Å². The number of carboxylic acids is 1. The van der Waals surface area contributed by atoms with E-state index in [1.54, 1.807) is 32.0 Å². The molecule has 3 aromatic rings. The molecule has 0 fully saturated rings. The van der Waals surface area contributed by atoms with Crippen LogP contribution < -0.4 is 15.7 Å². The SMILES string of the molecule is CC(C)[C@H](NC(=O)[C@@H](C)Oc1ccc2c(-c3ccccc3)cc(=O)oc2c1)C(=O)O. The van der Waals surface area contributed by atoms with Crippen LogP contribution in [0.3, 0.4) is 0 Å². The number of carboxylic acid groups (broad SMARTS) is 1. The second-order valence-electron chi connectivity index (χ2n) is 7.33. The van der Waals surface area contributed by atoms with Crippen molar-refractivity contribution >= 4 is 22.8 Å². The van der Waals surface area contributed by atoms with E-state index in [4.69, 9.17) is 9.15 Å². The summed E-state index contributed by atoms with van der Waals surface area (Å²) in [6.45, 7) is 4.94. The van der Waals surface area contributed by atoms with Gasteiger partial charge in [0.2, 0.25) is 0 Å². The number of aliphatic carboxylic acids is 1. The van der Waals surface area contributed by atoms with E-state index in [-0.39, 0.29) is 5.92 Å². The molecular weight excluding hydrogens is 386 g/mol. The van der Waals surface area contributed by atoms with Gasteiger partial charge in [0.1, 0.15) is 17.4 Å². The summed E-state index contributed by atoms with van der Waals surface area (Å²) in [5, 5.41) is 12.4. The summed E-state index contributed by atoms with van der Waals surface area (Å²) in [6, 6.07) is 14.9. The van der Waals surface area contributed by atoms with Crippen molar-refractivity contribution in [2.24, 2.45) is 5.92 Å². The van der Waals surface area contributed by atoms with Gasteiger partial charge in [0.25, 0.3) is 5.91 Å². The molecule has 0 aliphatic heterocycles. The van der Waals surface area contributed by atoms with Crippen molar-refractivity contribution in [3.05, 3.63) is 65.0 Å². The summed E-state index contributed by atoms with van der Waals surface area (Å²) in [4.78, 5) is 35.7. The maximum Gasteiger partial charge on any atom is 0.336 e. The summed E-state index contributed by atoms with van der Waals surface area (Å²) in [7, 11) is 0. The Morgan fingerprint density at radius 2 is 1.73 bits per heavy atom. The molecule has 7 heteroatoms. The van der Waals surface area contributed by atoms with Gasteiger partial charge in [-0.3, -0.25) is 4.79 Å². The molecule has 1 heterocycles. The van der Waals surface area contributed by atoms with Gasteiger partial charge in [-0.15, -0.1) is 0 Å². The molecule has 2 aromatic carbocycles. The number of rotatable bonds is 7. The quantitative estimate of drug-likeness (QED) is 0.579. The minimum Gasteiger partial charge on any atom is -0.481 e. The Balaban J connectivity index is 1.85. The normalized spacial score (nSPS) is 13.1. The molecule has 156 valence electrons. The first-order valence-corrected chi connectivity index (χ1v) is 9.59. The molecule has 0 unspecified atom stereocenters. The van der Waals surface area contributed by atoms with Crippen LogP contribution in [0.2, 0.25) is 0 Å². The lowest BCUT2D eigenvalue weighted by molar-refractivity contribution is -0.144. The third-order valence-electron chi connectivity index (χ3n) is 4.71. The number of carbonyl (C=O) groups excluding carboxylic acids is 1. The van der Waals surface area contributed by atoms with Crippen molar-refractivity contribution in [2.45, 2.75) is 32.9 Å². The molecule has 0 aliphatic rings. The van der Waals surface area contributed by atoms with Crippen LogP contribution in [0.1, 0.15) is 20.8 Å². The summed E-state index contributed by atoms with van der Waals surface area (Å²) in [6.07, 6.45) is -0.938. The topological polar surface area (TPSA) is 106 Å². The monoisotopic (exact) mass is 409 g/mol. The number of benzene rings is 2. The van der Waals surface area contributed by atoms with Crippen LogP contribution >= 0.6 is 0 Å². The fourth-order valence-corrected chi connectivity index (χ4v) is 3.11. The van der Waals surface area contributed by atoms with Crippen molar-refractivity contribution in [1.29, 1.82) is 0 Å². The van der Waals surface area contributed by atoms with E-state index in [1.807, 2.05) is 30.3 Å². The second-order valence-corrected chi connectivity index (χ2v) is 7.33. The molecule has 1 aromatic heterocycles. The predicted molar refractivity (Wildman–Crippen MR) is 112 cm³/mol. The average Bonchev–Trinajstić information content (AvgIpc) is 2.71. The van der Waals surface area contributed by atoms with Crippen LogP contribution in [-0.4, -0.2) is 29.1 Å². The maximum absolute atomic E-state index is 12.4. The van der Waals surface area contributed by atoms with Gasteiger partial charge >= 0.3 is 11.6 Å². The fourth-order valence-electron chi connectivity index (χ4n) is 3.11. The van der Waals surface area contributed by atoms with Gasteiger partial charge in [0.15, 0.2) is 6.10 Å². The number of nitrogens with one attached hydrogen (secondary N) is 1. The van der Waals surface area contributed by atoms with Gasteiger partial charge in [-0.05, 0) is 36.1 Å². The molecule has 0 saturated heterocycles. The molecule has 0 bridgehead atoms. The Labute approximate surface area is 173 Å². The van der Waals surface area contributed by atoms with Crippen LogP contribution in [-0.2, 0) is 9.59 Å². The molecule has 30 heavy (non-hydrogen) atoms. The fraction of sp³-hybridized carbons (Fsp3) is 0.261. The molecule has 0 aliphatic carbocycles. The molecular formula is C23H23NO6. The molecule has 7 nitrogen and oxygen atoms in total. The van der Waals surface area contributed by atoms with Crippen LogP contribution in [0.5, 0.6) is 5.75 Å². The van der Waals surface area contributed by atoms with Crippen LogP contribution in [0, 0.1) is 5.92 Å². The molecule has 1 amide bonds. The van der Waals surface area contributed by atoms with Crippen LogP contribution in [0.25, 0.3) is 22.1 Å². The third kappa shape index (κ3) is 4.68. The molecule has 2 atom stereocenters. The molecule has 0 spiro atoms. The second kappa shape index (κ2) is 8.82. The van der Waals surface area contributed by atoms with Gasteiger partial charge in [-0.1, -0.05) is 44.2 Å². The first-order chi connectivity index (χ1) is 14.3. The lowest BCUT2D eigenvalue weighted by Gasteiger charge is -2.21. The van der Waals surface area contributed by atoms with E-state index >= 15 is 0 Å². The van der Waals surface area contributed by atoms with Gasteiger partial charge in [-0.25, -0.2) is 9.59 Å². The molecule has 3 rings (SSSR count). The van der Waals surface area contributed by atoms with Crippen LogP contribution in [0.15, 0.2) is 63.8 Å². The summed E-state index contributed by atoms with van der Waals surface area (Å²) in [5.74, 6) is -1.60. The van der Waals surface area contributed by atoms with E-state index in [1.165, 1.54) is 13.0 Å². The zero-order chi connectivity index (χ0) is 21.8. The highest BCUT2D eigenvalue weighted by atomic mass is 16.5. The lowest BCUT2D eigenvalue weighted by atomic mass is 10.0. The van der Waals surface area contributed by atoms with Gasteiger partial charge < -0.3 is 19.6 Å². The third-order valence-corrected chi connectivity index (χ3v) is 4.71. The van der Waals surface area contributed by atoms with Gasteiger partial charge in [0.05, 0.1) is 0 Å². The van der Waals surface area contributed by atoms with Crippen molar-refractivity contribution in [1.82, 2.24) is 5.32 Å². The Hall–Kier alpha value is -3.61. The highest BCUT2D eigenvalue weighted by Crippen LogP contribution is 2.29. The first kappa shape index (κ1) is 21.1. The number of carbonyl (C=O) groups is 2. The van der Waals surface area contributed by atoms with Gasteiger partial charge in [0, 0.05) is 17.5 Å². The van der Waals surface area contributed by atoms with Crippen molar-refractivity contribution in [3.63, 3.8) is 0 Å². The minimum absolute atomic E-state index is 0.273. The van der Waals surface area contributed by atoms with Crippen molar-refractivity contribution < 1.29 is 23.8 Å². The summed E-state index contributed by atoms with van der Waals surface area (Å²) >= 11 is 0. The number of ether oxygens (including phenoxy) is 1. The molecule has 2 N–H and O–H groups in total. The Kier molecular flexibility index (Phi) is 6.20. The summed E-state index contributed by atoms with van der Waals surface area (Å²) < 4.78 is 11.0. The number of amides is 1.